The van der Waals surface area contributed by atoms with E-state index in [4.69, 9.17) is 0 Å². The number of nitro benzene ring substituents is 1. The maximum Gasteiger partial charge on any atom is 0.282 e. The summed E-state index contributed by atoms with van der Waals surface area (Å²) >= 11 is 0. The van der Waals surface area contributed by atoms with Crippen molar-refractivity contribution in [2.75, 3.05) is 0 Å². The topological polar surface area (TPSA) is 78.0 Å². The number of nitro groups is 1. The molecule has 0 N–H and O–H groups in total. The lowest BCUT2D eigenvalue weighted by atomic mass is 10.1. The van der Waals surface area contributed by atoms with Crippen molar-refractivity contribution in [3.8, 4) is 5.69 Å². The van der Waals surface area contributed by atoms with E-state index >= 15 is 0 Å². The Bertz CT molecular complexity index is 717. The first-order valence-corrected chi connectivity index (χ1v) is 6.15. The van der Waals surface area contributed by atoms with Gasteiger partial charge in [0.1, 0.15) is 0 Å². The second kappa shape index (κ2) is 4.88. The molecule has 0 aliphatic rings. The normalized spacial score (nSPS) is 10.6. The Morgan fingerprint density at radius 1 is 1.30 bits per heavy atom. The molecule has 6 heteroatoms. The lowest BCUT2D eigenvalue weighted by Crippen LogP contribution is -2.04. The Kier molecular flexibility index (Phi) is 3.40. The quantitative estimate of drug-likeness (QED) is 0.489. The number of Topliss-reactive ketones (excluding diaryl/α,β-unsaturated/α-hetero) is 1. The van der Waals surface area contributed by atoms with Gasteiger partial charge in [0.05, 0.1) is 21.9 Å². The number of aromatic nitrogens is 2. The van der Waals surface area contributed by atoms with Crippen molar-refractivity contribution in [3.05, 3.63) is 50.8 Å². The van der Waals surface area contributed by atoms with Gasteiger partial charge in [-0.2, -0.15) is 5.10 Å². The van der Waals surface area contributed by atoms with Crippen molar-refractivity contribution < 1.29 is 9.72 Å². The van der Waals surface area contributed by atoms with Crippen LogP contribution in [0, 0.1) is 30.9 Å². The zero-order valence-electron chi connectivity index (χ0n) is 11.8. The van der Waals surface area contributed by atoms with E-state index in [0.717, 1.165) is 17.0 Å². The minimum Gasteiger partial charge on any atom is -0.294 e. The monoisotopic (exact) mass is 273 g/mol. The van der Waals surface area contributed by atoms with Crippen LogP contribution in [0.25, 0.3) is 5.69 Å². The third-order valence-electron chi connectivity index (χ3n) is 3.45. The Morgan fingerprint density at radius 3 is 2.40 bits per heavy atom. The molecule has 6 nitrogen and oxygen atoms in total. The van der Waals surface area contributed by atoms with E-state index in [2.05, 4.69) is 5.10 Å². The maximum atomic E-state index is 11.4. The second-order valence-corrected chi connectivity index (χ2v) is 4.72. The molecule has 2 rings (SSSR count). The highest BCUT2D eigenvalue weighted by Gasteiger charge is 2.19. The molecule has 1 heterocycles. The number of hydrogen-bond acceptors (Lipinski definition) is 4. The molecule has 1 aromatic heterocycles. The van der Waals surface area contributed by atoms with Gasteiger partial charge in [-0.3, -0.25) is 14.9 Å². The molecule has 0 fully saturated rings. The van der Waals surface area contributed by atoms with E-state index < -0.39 is 4.92 Å². The molecule has 0 saturated heterocycles. The summed E-state index contributed by atoms with van der Waals surface area (Å²) in [6.45, 7) is 7.05. The highest BCUT2D eigenvalue weighted by atomic mass is 16.6. The van der Waals surface area contributed by atoms with Gasteiger partial charge >= 0.3 is 0 Å². The molecule has 0 bridgehead atoms. The molecular formula is C14H15N3O3. The minimum absolute atomic E-state index is 0.108. The van der Waals surface area contributed by atoms with Gasteiger partial charge in [0, 0.05) is 11.8 Å². The highest BCUT2D eigenvalue weighted by Crippen LogP contribution is 2.24. The van der Waals surface area contributed by atoms with Crippen LogP contribution >= 0.6 is 0 Å². The Labute approximate surface area is 116 Å². The molecule has 20 heavy (non-hydrogen) atoms. The molecule has 1 aromatic carbocycles. The second-order valence-electron chi connectivity index (χ2n) is 4.72. The summed E-state index contributed by atoms with van der Waals surface area (Å²) in [7, 11) is 0. The first kappa shape index (κ1) is 13.9. The lowest BCUT2D eigenvalue weighted by Gasteiger charge is -2.06. The maximum absolute atomic E-state index is 11.4. The van der Waals surface area contributed by atoms with Gasteiger partial charge in [-0.15, -0.1) is 0 Å². The van der Waals surface area contributed by atoms with Crippen LogP contribution in [-0.2, 0) is 0 Å². The van der Waals surface area contributed by atoms with E-state index in [1.165, 1.54) is 19.1 Å². The van der Waals surface area contributed by atoms with E-state index in [1.807, 2.05) is 20.8 Å². The van der Waals surface area contributed by atoms with E-state index in [-0.39, 0.29) is 17.0 Å². The third-order valence-corrected chi connectivity index (χ3v) is 3.45. The van der Waals surface area contributed by atoms with Crippen molar-refractivity contribution in [2.24, 2.45) is 0 Å². The van der Waals surface area contributed by atoms with Gasteiger partial charge in [-0.1, -0.05) is 0 Å². The van der Waals surface area contributed by atoms with Crippen LogP contribution in [0.2, 0.25) is 0 Å². The zero-order chi connectivity index (χ0) is 15.0. The summed E-state index contributed by atoms with van der Waals surface area (Å²) in [4.78, 5) is 22.0. The van der Waals surface area contributed by atoms with Gasteiger partial charge in [0.25, 0.3) is 5.69 Å². The standard InChI is InChI=1S/C14H15N3O3/c1-8-9(2)15-16(10(8)3)12-5-6-13(11(4)18)14(7-12)17(19)20/h5-7H,1-4H3. The fourth-order valence-electron chi connectivity index (χ4n) is 2.07. The molecule has 0 saturated carbocycles. The SMILES string of the molecule is CC(=O)c1ccc(-n2nc(C)c(C)c2C)cc1[N+](=O)[O-]. The number of rotatable bonds is 3. The fourth-order valence-corrected chi connectivity index (χ4v) is 2.07. The van der Waals surface area contributed by atoms with Crippen LogP contribution in [0.4, 0.5) is 5.69 Å². The van der Waals surface area contributed by atoms with Crippen molar-refractivity contribution in [1.82, 2.24) is 9.78 Å². The van der Waals surface area contributed by atoms with Crippen LogP contribution in [-0.4, -0.2) is 20.5 Å². The largest absolute Gasteiger partial charge is 0.294 e. The van der Waals surface area contributed by atoms with Gasteiger partial charge in [-0.05, 0) is 45.4 Å². The zero-order valence-corrected chi connectivity index (χ0v) is 11.8. The summed E-state index contributed by atoms with van der Waals surface area (Å²) in [5, 5.41) is 15.5. The van der Waals surface area contributed by atoms with Crippen LogP contribution < -0.4 is 0 Å². The molecule has 0 unspecified atom stereocenters. The Morgan fingerprint density at radius 2 is 1.95 bits per heavy atom. The number of aryl methyl sites for hydroxylation is 1. The smallest absolute Gasteiger partial charge is 0.282 e. The molecule has 0 amide bonds. The van der Waals surface area contributed by atoms with Crippen LogP contribution in [0.15, 0.2) is 18.2 Å². The first-order valence-electron chi connectivity index (χ1n) is 6.15. The van der Waals surface area contributed by atoms with Crippen molar-refractivity contribution >= 4 is 11.5 Å². The van der Waals surface area contributed by atoms with Crippen LogP contribution in [0.3, 0.4) is 0 Å². The fraction of sp³-hybridized carbons (Fsp3) is 0.286. The molecule has 0 aliphatic heterocycles. The van der Waals surface area contributed by atoms with Crippen molar-refractivity contribution in [3.63, 3.8) is 0 Å². The van der Waals surface area contributed by atoms with E-state index in [9.17, 15) is 14.9 Å². The molecule has 0 radical (unpaired) electrons. The van der Waals surface area contributed by atoms with Gasteiger partial charge in [0.15, 0.2) is 5.78 Å². The molecule has 2 aromatic rings. The first-order chi connectivity index (χ1) is 9.32. The summed E-state index contributed by atoms with van der Waals surface area (Å²) in [6.07, 6.45) is 0. The average Bonchev–Trinajstić information content (AvgIpc) is 2.65. The van der Waals surface area contributed by atoms with Crippen LogP contribution in [0.1, 0.15) is 34.2 Å². The number of ketones is 1. The molecule has 0 aliphatic carbocycles. The highest BCUT2D eigenvalue weighted by molar-refractivity contribution is 5.98. The number of nitrogens with zero attached hydrogens (tertiary/aromatic N) is 3. The van der Waals surface area contributed by atoms with E-state index in [0.29, 0.717) is 5.69 Å². The summed E-state index contributed by atoms with van der Waals surface area (Å²) in [5.74, 6) is -0.326. The number of benzene rings is 1. The predicted octanol–water partition coefficient (Wildman–Crippen LogP) is 2.91. The minimum atomic E-state index is -0.543. The predicted molar refractivity (Wildman–Crippen MR) is 74.4 cm³/mol. The molecule has 0 spiro atoms. The number of carbonyl (C=O) groups excluding carboxylic acids is 1. The van der Waals surface area contributed by atoms with Gasteiger partial charge in [0.2, 0.25) is 0 Å². The van der Waals surface area contributed by atoms with Crippen molar-refractivity contribution in [1.29, 1.82) is 0 Å². The van der Waals surface area contributed by atoms with Crippen LogP contribution in [0.5, 0.6) is 0 Å². The third kappa shape index (κ3) is 2.20. The summed E-state index contributed by atoms with van der Waals surface area (Å²) < 4.78 is 1.65. The molecule has 0 atom stereocenters. The van der Waals surface area contributed by atoms with Crippen molar-refractivity contribution in [2.45, 2.75) is 27.7 Å². The Balaban J connectivity index is 2.65. The number of hydrogen-bond donors (Lipinski definition) is 0. The number of carbonyl (C=O) groups is 1. The summed E-state index contributed by atoms with van der Waals surface area (Å²) in [6, 6.07) is 4.53. The lowest BCUT2D eigenvalue weighted by molar-refractivity contribution is -0.385. The van der Waals surface area contributed by atoms with Gasteiger partial charge < -0.3 is 0 Å². The summed E-state index contributed by atoms with van der Waals surface area (Å²) in [5.41, 5.74) is 3.34. The molecular weight excluding hydrogens is 258 g/mol. The Hall–Kier alpha value is -2.50. The van der Waals surface area contributed by atoms with Gasteiger partial charge in [-0.25, -0.2) is 4.68 Å². The molecule has 104 valence electrons. The average molecular weight is 273 g/mol. The van der Waals surface area contributed by atoms with E-state index in [1.54, 1.807) is 10.7 Å².